The number of hydrogen-bond acceptors (Lipinski definition) is 1. The fourth-order valence-corrected chi connectivity index (χ4v) is 3.22. The van der Waals surface area contributed by atoms with Crippen LogP contribution < -0.4 is 10.6 Å². The lowest BCUT2D eigenvalue weighted by Crippen LogP contribution is -2.48. The van der Waals surface area contributed by atoms with E-state index in [1.165, 1.54) is 24.8 Å². The minimum atomic E-state index is 0.537. The van der Waals surface area contributed by atoms with Crippen molar-refractivity contribution in [3.05, 3.63) is 35.9 Å². The van der Waals surface area contributed by atoms with Crippen molar-refractivity contribution in [1.82, 2.24) is 10.6 Å². The number of rotatable bonds is 4. The van der Waals surface area contributed by atoms with Crippen LogP contribution in [0, 0.1) is 11.8 Å². The van der Waals surface area contributed by atoms with Gasteiger partial charge in [-0.3, -0.25) is 0 Å². The zero-order valence-corrected chi connectivity index (χ0v) is 13.4. The van der Waals surface area contributed by atoms with Crippen molar-refractivity contribution in [3.63, 3.8) is 0 Å². The molecular weight excluding hydrogens is 264 g/mol. The van der Waals surface area contributed by atoms with E-state index in [0.717, 1.165) is 24.0 Å². The molecule has 3 atom stereocenters. The van der Waals surface area contributed by atoms with Gasteiger partial charge in [0.2, 0.25) is 0 Å². The van der Waals surface area contributed by atoms with Gasteiger partial charge in [0.25, 0.3) is 0 Å². The molecule has 0 radical (unpaired) electrons. The first-order valence-electron chi connectivity index (χ1n) is 7.75. The van der Waals surface area contributed by atoms with E-state index >= 15 is 0 Å². The van der Waals surface area contributed by atoms with Crippen molar-refractivity contribution < 1.29 is 0 Å². The molecule has 2 rings (SSSR count). The topological polar surface area (TPSA) is 24.1 Å². The fraction of sp³-hybridized carbons (Fsp3) is 0.588. The molecule has 3 heteroatoms. The van der Waals surface area contributed by atoms with E-state index in [-0.39, 0.29) is 0 Å². The summed E-state index contributed by atoms with van der Waals surface area (Å²) < 4.78 is 0. The van der Waals surface area contributed by atoms with E-state index in [1.807, 2.05) is 0 Å². The van der Waals surface area contributed by atoms with Crippen molar-refractivity contribution in [2.24, 2.45) is 11.8 Å². The third-order valence-corrected chi connectivity index (χ3v) is 4.83. The third kappa shape index (κ3) is 4.48. The Morgan fingerprint density at radius 2 is 1.95 bits per heavy atom. The molecule has 1 saturated carbocycles. The van der Waals surface area contributed by atoms with Gasteiger partial charge in [-0.15, -0.1) is 0 Å². The van der Waals surface area contributed by atoms with Gasteiger partial charge < -0.3 is 10.6 Å². The van der Waals surface area contributed by atoms with Crippen LogP contribution in [0.25, 0.3) is 0 Å². The van der Waals surface area contributed by atoms with Gasteiger partial charge in [-0.05, 0) is 42.5 Å². The van der Waals surface area contributed by atoms with E-state index in [1.54, 1.807) is 0 Å². The normalized spacial score (nSPS) is 26.0. The zero-order chi connectivity index (χ0) is 14.4. The smallest absolute Gasteiger partial charge is 0.166 e. The van der Waals surface area contributed by atoms with Crippen LogP contribution in [0.2, 0.25) is 0 Å². The minimum absolute atomic E-state index is 0.537. The van der Waals surface area contributed by atoms with Crippen molar-refractivity contribution in [2.75, 3.05) is 6.54 Å². The average molecular weight is 290 g/mol. The molecular formula is C17H26N2S. The summed E-state index contributed by atoms with van der Waals surface area (Å²) in [6.45, 7) is 5.59. The van der Waals surface area contributed by atoms with E-state index in [0.29, 0.717) is 12.0 Å². The van der Waals surface area contributed by atoms with Gasteiger partial charge in [0.1, 0.15) is 0 Å². The molecule has 0 bridgehead atoms. The van der Waals surface area contributed by atoms with Crippen molar-refractivity contribution in [1.29, 1.82) is 0 Å². The molecule has 0 spiro atoms. The molecule has 2 N–H and O–H groups in total. The van der Waals surface area contributed by atoms with Gasteiger partial charge in [-0.1, -0.05) is 57.0 Å². The quantitative estimate of drug-likeness (QED) is 0.830. The summed E-state index contributed by atoms with van der Waals surface area (Å²) in [5, 5.41) is 7.65. The second-order valence-corrected chi connectivity index (χ2v) is 6.42. The third-order valence-electron chi connectivity index (χ3n) is 4.57. The molecule has 0 aliphatic heterocycles. The number of hydrogen-bond donors (Lipinski definition) is 2. The SMILES string of the molecule is CC1CCCC(NC(=S)NCCc2ccccc2)C1C. The predicted molar refractivity (Wildman–Crippen MR) is 89.8 cm³/mol. The fourth-order valence-electron chi connectivity index (χ4n) is 2.97. The van der Waals surface area contributed by atoms with Crippen LogP contribution in [0.3, 0.4) is 0 Å². The summed E-state index contributed by atoms with van der Waals surface area (Å²) in [7, 11) is 0. The Kier molecular flexibility index (Phi) is 5.84. The van der Waals surface area contributed by atoms with Gasteiger partial charge >= 0.3 is 0 Å². The zero-order valence-electron chi connectivity index (χ0n) is 12.6. The molecule has 20 heavy (non-hydrogen) atoms. The van der Waals surface area contributed by atoms with E-state index in [4.69, 9.17) is 12.2 Å². The minimum Gasteiger partial charge on any atom is -0.362 e. The summed E-state index contributed by atoms with van der Waals surface area (Å²) in [6.07, 6.45) is 4.93. The van der Waals surface area contributed by atoms with Crippen molar-refractivity contribution in [3.8, 4) is 0 Å². The van der Waals surface area contributed by atoms with Crippen LogP contribution in [0.1, 0.15) is 38.7 Å². The van der Waals surface area contributed by atoms with Crippen molar-refractivity contribution in [2.45, 2.75) is 45.6 Å². The molecule has 3 unspecified atom stereocenters. The molecule has 0 amide bonds. The Balaban J connectivity index is 1.70. The first-order chi connectivity index (χ1) is 9.66. The summed E-state index contributed by atoms with van der Waals surface area (Å²) in [5.74, 6) is 1.51. The Bertz CT molecular complexity index is 418. The van der Waals surface area contributed by atoms with Crippen LogP contribution in [-0.4, -0.2) is 17.7 Å². The van der Waals surface area contributed by atoms with Crippen LogP contribution in [0.5, 0.6) is 0 Å². The molecule has 2 nitrogen and oxygen atoms in total. The van der Waals surface area contributed by atoms with Gasteiger partial charge in [0.15, 0.2) is 5.11 Å². The maximum Gasteiger partial charge on any atom is 0.166 e. The van der Waals surface area contributed by atoms with Gasteiger partial charge in [-0.25, -0.2) is 0 Å². The number of thiocarbonyl (C=S) groups is 1. The molecule has 1 aromatic rings. The Morgan fingerprint density at radius 3 is 2.70 bits per heavy atom. The number of nitrogens with one attached hydrogen (secondary N) is 2. The average Bonchev–Trinajstić information content (AvgIpc) is 2.45. The highest BCUT2D eigenvalue weighted by Crippen LogP contribution is 2.29. The molecule has 1 fully saturated rings. The first-order valence-corrected chi connectivity index (χ1v) is 8.16. The van der Waals surface area contributed by atoms with Crippen LogP contribution in [0.4, 0.5) is 0 Å². The Labute approximate surface area is 128 Å². The van der Waals surface area contributed by atoms with E-state index in [9.17, 15) is 0 Å². The van der Waals surface area contributed by atoms with Gasteiger partial charge in [0.05, 0.1) is 0 Å². The maximum atomic E-state index is 5.42. The molecule has 1 aliphatic carbocycles. The van der Waals surface area contributed by atoms with E-state index < -0.39 is 0 Å². The second kappa shape index (κ2) is 7.63. The summed E-state index contributed by atoms with van der Waals surface area (Å²) in [4.78, 5) is 0. The second-order valence-electron chi connectivity index (χ2n) is 6.01. The highest BCUT2D eigenvalue weighted by atomic mass is 32.1. The summed E-state index contributed by atoms with van der Waals surface area (Å²) in [5.41, 5.74) is 1.35. The van der Waals surface area contributed by atoms with E-state index in [2.05, 4.69) is 54.8 Å². The lowest BCUT2D eigenvalue weighted by molar-refractivity contribution is 0.224. The van der Waals surface area contributed by atoms with Gasteiger partial charge in [0, 0.05) is 12.6 Å². The highest BCUT2D eigenvalue weighted by Gasteiger charge is 2.27. The summed E-state index contributed by atoms with van der Waals surface area (Å²) >= 11 is 5.42. The van der Waals surface area contributed by atoms with Gasteiger partial charge in [-0.2, -0.15) is 0 Å². The Hall–Kier alpha value is -1.09. The lowest BCUT2D eigenvalue weighted by atomic mass is 9.78. The van der Waals surface area contributed by atoms with Crippen LogP contribution in [-0.2, 0) is 6.42 Å². The predicted octanol–water partition coefficient (Wildman–Crippen LogP) is 3.52. The van der Waals surface area contributed by atoms with Crippen molar-refractivity contribution >= 4 is 17.3 Å². The molecule has 0 saturated heterocycles. The molecule has 0 heterocycles. The lowest BCUT2D eigenvalue weighted by Gasteiger charge is -2.35. The summed E-state index contributed by atoms with van der Waals surface area (Å²) in [6, 6.07) is 11.1. The molecule has 110 valence electrons. The van der Waals surface area contributed by atoms with Crippen LogP contribution >= 0.6 is 12.2 Å². The number of benzene rings is 1. The highest BCUT2D eigenvalue weighted by molar-refractivity contribution is 7.80. The Morgan fingerprint density at radius 1 is 1.20 bits per heavy atom. The standard InChI is InChI=1S/C17H26N2S/c1-13-7-6-10-16(14(13)2)19-17(20)18-12-11-15-8-4-3-5-9-15/h3-5,8-9,13-14,16H,6-7,10-12H2,1-2H3,(H2,18,19,20). The molecule has 0 aromatic heterocycles. The first kappa shape index (κ1) is 15.3. The van der Waals surface area contributed by atoms with Crippen LogP contribution in [0.15, 0.2) is 30.3 Å². The monoisotopic (exact) mass is 290 g/mol. The largest absolute Gasteiger partial charge is 0.362 e. The molecule has 1 aliphatic rings. The molecule has 1 aromatic carbocycles. The maximum absolute atomic E-state index is 5.42.